The van der Waals surface area contributed by atoms with E-state index in [1.54, 1.807) is 7.11 Å². The Hall–Kier alpha value is -1.55. The zero-order valence-corrected chi connectivity index (χ0v) is 14.0. The molecule has 1 unspecified atom stereocenters. The fourth-order valence-electron chi connectivity index (χ4n) is 3.05. The van der Waals surface area contributed by atoms with Crippen molar-refractivity contribution in [1.82, 2.24) is 10.2 Å². The number of rotatable bonds is 6. The number of carbonyl (C=O) groups is 1. The first-order valence-electron chi connectivity index (χ1n) is 8.29. The van der Waals surface area contributed by atoms with E-state index < -0.39 is 0 Å². The van der Waals surface area contributed by atoms with E-state index in [0.29, 0.717) is 13.0 Å². The molecule has 1 aromatic carbocycles. The third-order valence-corrected chi connectivity index (χ3v) is 4.57. The van der Waals surface area contributed by atoms with Crippen molar-refractivity contribution >= 4 is 5.91 Å². The third-order valence-electron chi connectivity index (χ3n) is 4.57. The van der Waals surface area contributed by atoms with Crippen LogP contribution >= 0.6 is 0 Å². The van der Waals surface area contributed by atoms with Gasteiger partial charge in [0.25, 0.3) is 0 Å². The zero-order chi connectivity index (χ0) is 15.9. The standard InChI is InChI=1S/C18H28N2O2/c1-4-18(21)19-13-16(20-11-9-14(2)10-12-20)15-7-5-6-8-17(15)22-3/h5-8,14,16H,4,9-13H2,1-3H3,(H,19,21). The highest BCUT2D eigenvalue weighted by Crippen LogP contribution is 2.31. The van der Waals surface area contributed by atoms with Crippen molar-refractivity contribution in [2.45, 2.75) is 39.2 Å². The quantitative estimate of drug-likeness (QED) is 0.878. The van der Waals surface area contributed by atoms with Crippen LogP contribution in [0.4, 0.5) is 0 Å². The van der Waals surface area contributed by atoms with Crippen LogP contribution in [-0.2, 0) is 4.79 Å². The number of carbonyl (C=O) groups excluding carboxylic acids is 1. The third kappa shape index (κ3) is 4.23. The number of methoxy groups -OCH3 is 1. The maximum Gasteiger partial charge on any atom is 0.219 e. The van der Waals surface area contributed by atoms with Gasteiger partial charge in [0.15, 0.2) is 0 Å². The van der Waals surface area contributed by atoms with Crippen LogP contribution < -0.4 is 10.1 Å². The molecule has 1 saturated heterocycles. The minimum Gasteiger partial charge on any atom is -0.496 e. The second kappa shape index (κ2) is 8.18. The monoisotopic (exact) mass is 304 g/mol. The number of benzene rings is 1. The molecule has 1 aliphatic rings. The highest BCUT2D eigenvalue weighted by molar-refractivity contribution is 5.75. The summed E-state index contributed by atoms with van der Waals surface area (Å²) in [6.45, 7) is 6.99. The molecule has 1 heterocycles. The molecule has 1 aromatic rings. The Labute approximate surface area is 133 Å². The van der Waals surface area contributed by atoms with Crippen LogP contribution in [0.25, 0.3) is 0 Å². The molecule has 0 aliphatic carbocycles. The summed E-state index contributed by atoms with van der Waals surface area (Å²) in [4.78, 5) is 14.2. The first kappa shape index (κ1) is 16.8. The number of likely N-dealkylation sites (tertiary alicyclic amines) is 1. The molecule has 1 fully saturated rings. The summed E-state index contributed by atoms with van der Waals surface area (Å²) in [6, 6.07) is 8.32. The summed E-state index contributed by atoms with van der Waals surface area (Å²) in [7, 11) is 1.71. The zero-order valence-electron chi connectivity index (χ0n) is 14.0. The number of ether oxygens (including phenoxy) is 1. The van der Waals surface area contributed by atoms with Gasteiger partial charge in [-0.2, -0.15) is 0 Å². The van der Waals surface area contributed by atoms with Crippen molar-refractivity contribution in [2.75, 3.05) is 26.7 Å². The Balaban J connectivity index is 2.18. The van der Waals surface area contributed by atoms with Crippen LogP contribution in [-0.4, -0.2) is 37.6 Å². The van der Waals surface area contributed by atoms with E-state index in [-0.39, 0.29) is 11.9 Å². The van der Waals surface area contributed by atoms with Crippen LogP contribution in [0.2, 0.25) is 0 Å². The molecule has 22 heavy (non-hydrogen) atoms. The molecule has 122 valence electrons. The van der Waals surface area contributed by atoms with E-state index in [1.165, 1.54) is 12.8 Å². The molecule has 0 radical (unpaired) electrons. The molecule has 1 atom stereocenters. The number of amides is 1. The molecule has 1 N–H and O–H groups in total. The van der Waals surface area contributed by atoms with Crippen LogP contribution in [0, 0.1) is 5.92 Å². The summed E-state index contributed by atoms with van der Waals surface area (Å²) in [5, 5.41) is 3.05. The summed E-state index contributed by atoms with van der Waals surface area (Å²) < 4.78 is 5.53. The van der Waals surface area contributed by atoms with Gasteiger partial charge in [-0.05, 0) is 37.9 Å². The van der Waals surface area contributed by atoms with E-state index in [0.717, 1.165) is 30.3 Å². The molecule has 0 saturated carbocycles. The largest absolute Gasteiger partial charge is 0.496 e. The van der Waals surface area contributed by atoms with Crippen LogP contribution in [0.1, 0.15) is 44.7 Å². The molecule has 4 nitrogen and oxygen atoms in total. The minimum absolute atomic E-state index is 0.102. The predicted octanol–water partition coefficient (Wildman–Crippen LogP) is 2.99. The van der Waals surface area contributed by atoms with Crippen molar-refractivity contribution in [1.29, 1.82) is 0 Å². The van der Waals surface area contributed by atoms with E-state index in [1.807, 2.05) is 25.1 Å². The number of hydrogen-bond acceptors (Lipinski definition) is 3. The maximum absolute atomic E-state index is 11.7. The molecule has 1 amide bonds. The first-order chi connectivity index (χ1) is 10.7. The molecule has 1 aliphatic heterocycles. The summed E-state index contributed by atoms with van der Waals surface area (Å²) in [5.41, 5.74) is 1.16. The lowest BCUT2D eigenvalue weighted by molar-refractivity contribution is -0.121. The molecule has 0 aromatic heterocycles. The second-order valence-electron chi connectivity index (χ2n) is 6.13. The Morgan fingerprint density at radius 2 is 2.05 bits per heavy atom. The Morgan fingerprint density at radius 3 is 2.68 bits per heavy atom. The number of hydrogen-bond donors (Lipinski definition) is 1. The Bertz CT molecular complexity index is 482. The maximum atomic E-state index is 11.7. The van der Waals surface area contributed by atoms with Gasteiger partial charge in [0.05, 0.1) is 13.2 Å². The lowest BCUT2D eigenvalue weighted by Gasteiger charge is -2.37. The number of nitrogens with zero attached hydrogens (tertiary/aromatic N) is 1. The van der Waals surface area contributed by atoms with Gasteiger partial charge in [-0.3, -0.25) is 9.69 Å². The van der Waals surface area contributed by atoms with Gasteiger partial charge in [-0.25, -0.2) is 0 Å². The fourth-order valence-corrected chi connectivity index (χ4v) is 3.05. The molecule has 4 heteroatoms. The van der Waals surface area contributed by atoms with E-state index in [2.05, 4.69) is 23.2 Å². The second-order valence-corrected chi connectivity index (χ2v) is 6.13. The van der Waals surface area contributed by atoms with Gasteiger partial charge in [-0.1, -0.05) is 32.0 Å². The average molecular weight is 304 g/mol. The van der Waals surface area contributed by atoms with Gasteiger partial charge in [-0.15, -0.1) is 0 Å². The van der Waals surface area contributed by atoms with E-state index in [4.69, 9.17) is 4.74 Å². The lowest BCUT2D eigenvalue weighted by Crippen LogP contribution is -2.42. The minimum atomic E-state index is 0.102. The predicted molar refractivity (Wildman–Crippen MR) is 89.0 cm³/mol. The van der Waals surface area contributed by atoms with E-state index >= 15 is 0 Å². The summed E-state index contributed by atoms with van der Waals surface area (Å²) >= 11 is 0. The van der Waals surface area contributed by atoms with Crippen LogP contribution in [0.3, 0.4) is 0 Å². The van der Waals surface area contributed by atoms with Gasteiger partial charge in [0, 0.05) is 18.5 Å². The molecular formula is C18H28N2O2. The highest BCUT2D eigenvalue weighted by atomic mass is 16.5. The number of piperidine rings is 1. The van der Waals surface area contributed by atoms with Crippen molar-refractivity contribution in [2.24, 2.45) is 5.92 Å². The van der Waals surface area contributed by atoms with Crippen molar-refractivity contribution in [3.8, 4) is 5.75 Å². The van der Waals surface area contributed by atoms with Crippen molar-refractivity contribution in [3.05, 3.63) is 29.8 Å². The van der Waals surface area contributed by atoms with Crippen molar-refractivity contribution in [3.63, 3.8) is 0 Å². The fraction of sp³-hybridized carbons (Fsp3) is 0.611. The summed E-state index contributed by atoms with van der Waals surface area (Å²) in [6.07, 6.45) is 2.95. The Morgan fingerprint density at radius 1 is 1.36 bits per heavy atom. The smallest absolute Gasteiger partial charge is 0.219 e. The first-order valence-corrected chi connectivity index (χ1v) is 8.29. The number of para-hydroxylation sites is 1. The molecule has 0 bridgehead atoms. The van der Waals surface area contributed by atoms with Crippen LogP contribution in [0.15, 0.2) is 24.3 Å². The Kier molecular flexibility index (Phi) is 6.25. The average Bonchev–Trinajstić information content (AvgIpc) is 2.56. The van der Waals surface area contributed by atoms with Gasteiger partial charge in [0.1, 0.15) is 5.75 Å². The highest BCUT2D eigenvalue weighted by Gasteiger charge is 2.26. The molecule has 2 rings (SSSR count). The molecule has 0 spiro atoms. The van der Waals surface area contributed by atoms with Gasteiger partial charge < -0.3 is 10.1 Å². The topological polar surface area (TPSA) is 41.6 Å². The van der Waals surface area contributed by atoms with Gasteiger partial charge in [0.2, 0.25) is 5.91 Å². The van der Waals surface area contributed by atoms with Crippen LogP contribution in [0.5, 0.6) is 5.75 Å². The SMILES string of the molecule is CCC(=O)NCC(c1ccccc1OC)N1CCC(C)CC1. The van der Waals surface area contributed by atoms with E-state index in [9.17, 15) is 4.79 Å². The summed E-state index contributed by atoms with van der Waals surface area (Å²) in [5.74, 6) is 1.79. The van der Waals surface area contributed by atoms with Crippen molar-refractivity contribution < 1.29 is 9.53 Å². The lowest BCUT2D eigenvalue weighted by atomic mass is 9.95. The van der Waals surface area contributed by atoms with Gasteiger partial charge >= 0.3 is 0 Å². The number of nitrogens with one attached hydrogen (secondary N) is 1. The molecular weight excluding hydrogens is 276 g/mol. The normalized spacial score (nSPS) is 18.0.